The number of aliphatic hydroxyl groups excluding tert-OH is 3. The van der Waals surface area contributed by atoms with Crippen molar-refractivity contribution in [1.82, 2.24) is 0 Å². The Kier molecular flexibility index (Phi) is 27.0. The Morgan fingerprint density at radius 3 is 1.17 bits per heavy atom. The van der Waals surface area contributed by atoms with Gasteiger partial charge in [0.1, 0.15) is 44.2 Å². The molecule has 0 aromatic heterocycles. The molecule has 1 fully saturated rings. The molecule has 0 radical (unpaired) electrons. The largest absolute Gasteiger partial charge is 1.00 e. The number of hydrogen-bond acceptors (Lipinski definition) is 14. The van der Waals surface area contributed by atoms with E-state index in [1.807, 2.05) is 0 Å². The number of hydrogen-bond donors (Lipinski definition) is 3. The van der Waals surface area contributed by atoms with Crippen LogP contribution in [0.3, 0.4) is 0 Å². The van der Waals surface area contributed by atoms with Gasteiger partial charge in [0.15, 0.2) is 0 Å². The van der Waals surface area contributed by atoms with Crippen molar-refractivity contribution in [3.8, 4) is 0 Å². The summed E-state index contributed by atoms with van der Waals surface area (Å²) in [5.74, 6) is 0. The smallest absolute Gasteiger partial charge is 0.790 e. The molecular weight excluding hydrogens is 516 g/mol. The fourth-order valence-electron chi connectivity index (χ4n) is 2.05. The summed E-state index contributed by atoms with van der Waals surface area (Å²) in [5.41, 5.74) is 0. The van der Waals surface area contributed by atoms with Crippen LogP contribution in [0, 0.1) is 0 Å². The van der Waals surface area contributed by atoms with Crippen LogP contribution in [0.25, 0.3) is 0 Å². The average molecular weight is 528 g/mol. The fraction of sp³-hybridized carbons (Fsp3) is 1.00. The maximum atomic E-state index is 11.2. The van der Waals surface area contributed by atoms with Gasteiger partial charge in [0.2, 0.25) is 0 Å². The second kappa shape index (κ2) is 17.7. The molecule has 29 heavy (non-hydrogen) atoms. The van der Waals surface area contributed by atoms with E-state index in [0.717, 1.165) is 0 Å². The summed E-state index contributed by atoms with van der Waals surface area (Å²) in [6.45, 7) is 0.462. The van der Waals surface area contributed by atoms with Crippen molar-refractivity contribution in [3.63, 3.8) is 0 Å². The molecule has 22 heteroatoms. The zero-order chi connectivity index (χ0) is 19.1. The third-order valence-corrected chi connectivity index (χ3v) is 4.46. The van der Waals surface area contributed by atoms with Crippen LogP contribution in [0.4, 0.5) is 0 Å². The van der Waals surface area contributed by atoms with Crippen molar-refractivity contribution in [2.45, 2.75) is 36.6 Å². The Labute approximate surface area is 276 Å². The molecule has 0 saturated heterocycles. The van der Waals surface area contributed by atoms with Crippen LogP contribution in [0.5, 0.6) is 0 Å². The summed E-state index contributed by atoms with van der Waals surface area (Å²) in [5, 5.41) is 29.2. The van der Waals surface area contributed by atoms with Crippen LogP contribution in [0.1, 0.15) is 0 Å². The summed E-state index contributed by atoms with van der Waals surface area (Å²) < 4.78 is 44.5. The number of rotatable bonds is 6. The van der Waals surface area contributed by atoms with Crippen LogP contribution in [0.2, 0.25) is 0 Å². The van der Waals surface area contributed by atoms with Crippen LogP contribution >= 0.6 is 23.2 Å². The second-order valence-electron chi connectivity index (χ2n) is 4.85. The molecule has 0 aliphatic heterocycles. The van der Waals surface area contributed by atoms with Gasteiger partial charge >= 0.3 is 148 Å². The van der Waals surface area contributed by atoms with E-state index in [9.17, 15) is 53.5 Å². The van der Waals surface area contributed by atoms with Gasteiger partial charge in [-0.15, -0.1) is 0 Å². The van der Waals surface area contributed by atoms with Crippen LogP contribution in [-0.2, 0) is 27.3 Å². The van der Waals surface area contributed by atoms with E-state index in [2.05, 4.69) is 13.6 Å². The van der Waals surface area contributed by atoms with Crippen molar-refractivity contribution < 1.29 is 215 Å². The first-order valence-electron chi connectivity index (χ1n) is 5.94. The molecule has 144 valence electrons. The van der Waals surface area contributed by atoms with Gasteiger partial charge < -0.3 is 67.1 Å². The number of phosphoric acid groups is 2. The first-order chi connectivity index (χ1) is 10.5. The molecule has 0 bridgehead atoms. The molecule has 0 spiro atoms. The molecule has 3 N–H and O–H groups in total. The Balaban J connectivity index is -0.000000384. The van der Waals surface area contributed by atoms with Gasteiger partial charge in [-0.05, 0) is 0 Å². The molecule has 7 atom stereocenters. The topological polar surface area (TPSA) is 255 Å². The molecule has 14 nitrogen and oxygen atoms in total. The van der Waals surface area contributed by atoms with Gasteiger partial charge in [-0.3, -0.25) is 0 Å². The minimum atomic E-state index is -5.86. The van der Waals surface area contributed by atoms with Gasteiger partial charge in [0, 0.05) is 6.66 Å². The third kappa shape index (κ3) is 16.6. The maximum absolute atomic E-state index is 11.2. The molecule has 1 saturated carbocycles. The zero-order valence-electron chi connectivity index (χ0n) is 16.6. The molecule has 1 aliphatic rings. The average Bonchev–Trinajstić information content (AvgIpc) is 2.32. The summed E-state index contributed by atoms with van der Waals surface area (Å²) in [4.78, 5) is 53.8. The Morgan fingerprint density at radius 2 is 0.862 bits per heavy atom. The van der Waals surface area contributed by atoms with E-state index in [4.69, 9.17) is 0 Å². The minimum Gasteiger partial charge on any atom is -0.790 e. The monoisotopic (exact) mass is 528 g/mol. The molecule has 0 amide bonds. The predicted molar refractivity (Wildman–Crippen MR) is 61.4 cm³/mol. The van der Waals surface area contributed by atoms with Crippen molar-refractivity contribution in [2.24, 2.45) is 0 Å². The van der Waals surface area contributed by atoms with Crippen molar-refractivity contribution in [2.75, 3.05) is 6.66 Å². The van der Waals surface area contributed by atoms with E-state index in [1.165, 1.54) is 0 Å². The summed E-state index contributed by atoms with van der Waals surface area (Å²) in [7, 11) is -16.4. The molecule has 0 aromatic rings. The zero-order valence-corrected chi connectivity index (χ0v) is 29.3. The second-order valence-corrected chi connectivity index (χ2v) is 8.81. The van der Waals surface area contributed by atoms with Crippen molar-refractivity contribution in [1.29, 1.82) is 0 Å². The molecular formula is C7H12Na5O14P3. The predicted octanol–water partition coefficient (Wildman–Crippen LogP) is -20.9. The van der Waals surface area contributed by atoms with Gasteiger partial charge in [0.25, 0.3) is 0 Å². The molecule has 0 aromatic carbocycles. The van der Waals surface area contributed by atoms with E-state index in [0.29, 0.717) is 6.66 Å². The van der Waals surface area contributed by atoms with Gasteiger partial charge in [0.05, 0.1) is 15.6 Å². The Bertz CT molecular complexity index is 594. The number of aliphatic hydroxyl groups is 3. The standard InChI is InChI=1S/C7H17O14P3.5Na/c1-22(11,12)19-7-4(10)5(20-23(13,14)15)2(8)3(9)6(7)21-24(16,17)18;;;;;/h2-10H,1H3,(H,11,12)(H2,13,14,15)(H2,16,17,18);;;;;/q;5*+1/p-5/t2-,3+,4+,5-,6-,7-;;;;;/m1...../s1. The quantitative estimate of drug-likeness (QED) is 0.214. The fourth-order valence-corrected chi connectivity index (χ4v) is 3.83. The molecule has 1 rings (SSSR count). The van der Waals surface area contributed by atoms with E-state index in [1.54, 1.807) is 0 Å². The third-order valence-electron chi connectivity index (χ3n) is 2.83. The van der Waals surface area contributed by atoms with Gasteiger partial charge in [-0.1, -0.05) is 0 Å². The van der Waals surface area contributed by atoms with Crippen LogP contribution in [-0.4, -0.2) is 58.6 Å². The summed E-state index contributed by atoms with van der Waals surface area (Å²) >= 11 is 0. The van der Waals surface area contributed by atoms with Crippen LogP contribution < -0.4 is 172 Å². The number of phosphoric ester groups is 2. The van der Waals surface area contributed by atoms with Crippen LogP contribution in [0.15, 0.2) is 0 Å². The molecule has 0 heterocycles. The first-order valence-corrected chi connectivity index (χ1v) is 10.8. The molecule has 1 aliphatic carbocycles. The summed E-state index contributed by atoms with van der Waals surface area (Å²) in [6.07, 6.45) is -14.6. The van der Waals surface area contributed by atoms with Gasteiger partial charge in [-0.2, -0.15) is 0 Å². The first kappa shape index (κ1) is 44.3. The SMILES string of the molecule is CP(=O)([O-])O[C@@H]1[C@@H](O)[C@H](OP(=O)([O-])[O-])[C@H](O)[C@H](O)[C@H]1OP(=O)([O-])[O-].[Na+].[Na+].[Na+].[Na+].[Na+]. The maximum Gasteiger partial charge on any atom is 1.00 e. The minimum absolute atomic E-state index is 0. The van der Waals surface area contributed by atoms with Gasteiger partial charge in [-0.25, -0.2) is 0 Å². The van der Waals surface area contributed by atoms with Crippen molar-refractivity contribution in [3.05, 3.63) is 0 Å². The van der Waals surface area contributed by atoms with E-state index >= 15 is 0 Å². The Hall–Kier alpha value is 5.25. The normalized spacial score (nSPS) is 31.3. The van der Waals surface area contributed by atoms with Crippen molar-refractivity contribution >= 4 is 23.2 Å². The van der Waals surface area contributed by atoms with E-state index in [-0.39, 0.29) is 148 Å². The van der Waals surface area contributed by atoms with E-state index < -0.39 is 59.9 Å². The molecule has 1 unspecified atom stereocenters. The summed E-state index contributed by atoms with van der Waals surface area (Å²) in [6, 6.07) is 0. The Morgan fingerprint density at radius 1 is 0.586 bits per heavy atom.